The molecule has 0 saturated heterocycles. The van der Waals surface area contributed by atoms with Crippen LogP contribution in [-0.4, -0.2) is 15.2 Å². The minimum atomic E-state index is -0.318. The van der Waals surface area contributed by atoms with Crippen LogP contribution in [0.1, 0.15) is 19.7 Å². The Morgan fingerprint density at radius 2 is 2.22 bits per heavy atom. The molecule has 0 saturated carbocycles. The predicted octanol–water partition coefficient (Wildman–Crippen LogP) is 2.47. The van der Waals surface area contributed by atoms with Gasteiger partial charge in [-0.15, -0.1) is 0 Å². The minimum absolute atomic E-state index is 0.0128. The van der Waals surface area contributed by atoms with Gasteiger partial charge < -0.3 is 4.74 Å². The van der Waals surface area contributed by atoms with Crippen LogP contribution in [0.4, 0.5) is 0 Å². The van der Waals surface area contributed by atoms with E-state index in [1.54, 1.807) is 4.57 Å². The molecule has 1 aromatic heterocycles. The van der Waals surface area contributed by atoms with Crippen LogP contribution in [0.25, 0.3) is 10.9 Å². The van der Waals surface area contributed by atoms with E-state index in [1.807, 2.05) is 32.0 Å². The number of halogens is 1. The number of benzene rings is 1. The van der Waals surface area contributed by atoms with E-state index in [0.717, 1.165) is 4.47 Å². The standard InChI is InChI=1S/C13H13BrN2O2/c1-13(2)7-16-11(6-18-13)15-10-5-8(14)3-4-9(10)12(16)17/h3-5H,6-7H2,1-2H3. The molecule has 0 amide bonds. The molecule has 5 heteroatoms. The number of fused-ring (bicyclic) bond motifs is 2. The van der Waals surface area contributed by atoms with E-state index in [4.69, 9.17) is 4.74 Å². The summed E-state index contributed by atoms with van der Waals surface area (Å²) in [4.78, 5) is 16.9. The highest BCUT2D eigenvalue weighted by Crippen LogP contribution is 2.22. The third-order valence-corrected chi connectivity index (χ3v) is 3.62. The summed E-state index contributed by atoms with van der Waals surface area (Å²) in [6.45, 7) is 4.88. The zero-order valence-electron chi connectivity index (χ0n) is 10.2. The zero-order valence-corrected chi connectivity index (χ0v) is 11.8. The van der Waals surface area contributed by atoms with Crippen LogP contribution in [0.3, 0.4) is 0 Å². The maximum absolute atomic E-state index is 12.4. The molecule has 0 N–H and O–H groups in total. The van der Waals surface area contributed by atoms with Crippen LogP contribution in [0.5, 0.6) is 0 Å². The third-order valence-electron chi connectivity index (χ3n) is 3.13. The smallest absolute Gasteiger partial charge is 0.261 e. The molecule has 0 bridgehead atoms. The first-order valence-corrected chi connectivity index (χ1v) is 6.58. The minimum Gasteiger partial charge on any atom is -0.366 e. The van der Waals surface area contributed by atoms with Gasteiger partial charge in [0.1, 0.15) is 12.4 Å². The van der Waals surface area contributed by atoms with Gasteiger partial charge in [-0.1, -0.05) is 15.9 Å². The van der Waals surface area contributed by atoms with Crippen molar-refractivity contribution in [1.29, 1.82) is 0 Å². The predicted molar refractivity (Wildman–Crippen MR) is 72.6 cm³/mol. The van der Waals surface area contributed by atoms with Gasteiger partial charge in [0.15, 0.2) is 0 Å². The zero-order chi connectivity index (χ0) is 12.9. The molecule has 2 aromatic rings. The van der Waals surface area contributed by atoms with Gasteiger partial charge in [-0.3, -0.25) is 9.36 Å². The van der Waals surface area contributed by atoms with Gasteiger partial charge in [0, 0.05) is 4.47 Å². The number of aromatic nitrogens is 2. The monoisotopic (exact) mass is 308 g/mol. The second kappa shape index (κ2) is 3.90. The Morgan fingerprint density at radius 1 is 1.44 bits per heavy atom. The van der Waals surface area contributed by atoms with Crippen LogP contribution in [0.15, 0.2) is 27.5 Å². The molecule has 0 spiro atoms. The first-order chi connectivity index (χ1) is 8.46. The molecule has 1 aliphatic rings. The number of nitrogens with zero attached hydrogens (tertiary/aromatic N) is 2. The fourth-order valence-corrected chi connectivity index (χ4v) is 2.55. The molecule has 0 aliphatic carbocycles. The summed E-state index contributed by atoms with van der Waals surface area (Å²) in [7, 11) is 0. The van der Waals surface area contributed by atoms with E-state index >= 15 is 0 Å². The number of hydrogen-bond donors (Lipinski definition) is 0. The summed E-state index contributed by atoms with van der Waals surface area (Å²) in [5, 5.41) is 0.652. The van der Waals surface area contributed by atoms with Crippen molar-refractivity contribution in [3.63, 3.8) is 0 Å². The van der Waals surface area contributed by atoms with Crippen molar-refractivity contribution >= 4 is 26.8 Å². The van der Waals surface area contributed by atoms with Crippen molar-refractivity contribution in [1.82, 2.24) is 9.55 Å². The van der Waals surface area contributed by atoms with Crippen molar-refractivity contribution in [3.05, 3.63) is 38.9 Å². The second-order valence-electron chi connectivity index (χ2n) is 5.13. The lowest BCUT2D eigenvalue weighted by Gasteiger charge is -2.32. The molecule has 94 valence electrons. The topological polar surface area (TPSA) is 44.1 Å². The fourth-order valence-electron chi connectivity index (χ4n) is 2.20. The second-order valence-corrected chi connectivity index (χ2v) is 6.04. The van der Waals surface area contributed by atoms with E-state index in [1.165, 1.54) is 0 Å². The molecular formula is C13H13BrN2O2. The molecule has 1 aliphatic heterocycles. The molecule has 3 rings (SSSR count). The van der Waals surface area contributed by atoms with Gasteiger partial charge in [-0.25, -0.2) is 4.98 Å². The molecule has 0 atom stereocenters. The first-order valence-electron chi connectivity index (χ1n) is 5.79. The van der Waals surface area contributed by atoms with Gasteiger partial charge in [0.25, 0.3) is 5.56 Å². The number of hydrogen-bond acceptors (Lipinski definition) is 3. The Kier molecular flexibility index (Phi) is 2.57. The van der Waals surface area contributed by atoms with Crippen molar-refractivity contribution < 1.29 is 4.74 Å². The highest BCUT2D eigenvalue weighted by molar-refractivity contribution is 9.10. The quantitative estimate of drug-likeness (QED) is 0.751. The highest BCUT2D eigenvalue weighted by Gasteiger charge is 2.28. The SMILES string of the molecule is CC1(C)Cn2c(nc3cc(Br)ccc3c2=O)CO1. The number of ether oxygens (including phenoxy) is 1. The fraction of sp³-hybridized carbons (Fsp3) is 0.385. The lowest BCUT2D eigenvalue weighted by Crippen LogP contribution is -2.42. The summed E-state index contributed by atoms with van der Waals surface area (Å²) < 4.78 is 8.33. The molecule has 2 heterocycles. The average molecular weight is 309 g/mol. The van der Waals surface area contributed by atoms with Gasteiger partial charge in [-0.05, 0) is 32.0 Å². The van der Waals surface area contributed by atoms with Crippen molar-refractivity contribution in [3.8, 4) is 0 Å². The number of rotatable bonds is 0. The lowest BCUT2D eigenvalue weighted by atomic mass is 10.1. The van der Waals surface area contributed by atoms with Gasteiger partial charge >= 0.3 is 0 Å². The van der Waals surface area contributed by atoms with Crippen LogP contribution >= 0.6 is 15.9 Å². The summed E-state index contributed by atoms with van der Waals surface area (Å²) in [6, 6.07) is 5.53. The average Bonchev–Trinajstić information content (AvgIpc) is 2.30. The van der Waals surface area contributed by atoms with Crippen LogP contribution in [-0.2, 0) is 17.9 Å². The summed E-state index contributed by atoms with van der Waals surface area (Å²) in [5.41, 5.74) is 0.407. The largest absolute Gasteiger partial charge is 0.366 e. The highest BCUT2D eigenvalue weighted by atomic mass is 79.9. The summed E-state index contributed by atoms with van der Waals surface area (Å²) in [5.74, 6) is 0.699. The molecule has 0 fully saturated rings. The van der Waals surface area contributed by atoms with Crippen molar-refractivity contribution in [2.75, 3.05) is 0 Å². The molecule has 0 unspecified atom stereocenters. The van der Waals surface area contributed by atoms with Crippen molar-refractivity contribution in [2.24, 2.45) is 0 Å². The van der Waals surface area contributed by atoms with Gasteiger partial charge in [-0.2, -0.15) is 0 Å². The summed E-state index contributed by atoms with van der Waals surface area (Å²) >= 11 is 3.39. The summed E-state index contributed by atoms with van der Waals surface area (Å²) in [6.07, 6.45) is 0. The Labute approximate surface area is 113 Å². The van der Waals surface area contributed by atoms with E-state index < -0.39 is 0 Å². The van der Waals surface area contributed by atoms with E-state index in [0.29, 0.717) is 29.9 Å². The Balaban J connectivity index is 2.30. The van der Waals surface area contributed by atoms with Gasteiger partial charge in [0.2, 0.25) is 0 Å². The third kappa shape index (κ3) is 1.87. The van der Waals surface area contributed by atoms with Crippen molar-refractivity contribution in [2.45, 2.75) is 32.6 Å². The molecule has 4 nitrogen and oxygen atoms in total. The Morgan fingerprint density at radius 3 is 3.00 bits per heavy atom. The first kappa shape index (κ1) is 11.9. The molecule has 1 aromatic carbocycles. The lowest BCUT2D eigenvalue weighted by molar-refractivity contribution is -0.0663. The maximum atomic E-state index is 12.4. The molecule has 0 radical (unpaired) electrons. The Bertz CT molecular complexity index is 691. The normalized spacial score (nSPS) is 17.7. The van der Waals surface area contributed by atoms with Crippen LogP contribution in [0.2, 0.25) is 0 Å². The van der Waals surface area contributed by atoms with E-state index in [9.17, 15) is 4.79 Å². The Hall–Kier alpha value is -1.20. The molecular weight excluding hydrogens is 296 g/mol. The van der Waals surface area contributed by atoms with E-state index in [-0.39, 0.29) is 11.2 Å². The maximum Gasteiger partial charge on any atom is 0.261 e. The van der Waals surface area contributed by atoms with Gasteiger partial charge in [0.05, 0.1) is 23.0 Å². The van der Waals surface area contributed by atoms with Crippen LogP contribution < -0.4 is 5.56 Å². The molecule has 18 heavy (non-hydrogen) atoms. The van der Waals surface area contributed by atoms with Crippen LogP contribution in [0, 0.1) is 0 Å². The van der Waals surface area contributed by atoms with E-state index in [2.05, 4.69) is 20.9 Å².